The molecule has 0 aromatic carbocycles. The second-order valence-corrected chi connectivity index (χ2v) is 8.39. The van der Waals surface area contributed by atoms with Gasteiger partial charge in [0.1, 0.15) is 11.6 Å². The van der Waals surface area contributed by atoms with E-state index in [4.69, 9.17) is 0 Å². The Morgan fingerprint density at radius 2 is 1.03 bits per heavy atom. The zero-order valence-electron chi connectivity index (χ0n) is 19.7. The molecule has 0 amide bonds. The molecule has 0 aromatic rings. The van der Waals surface area contributed by atoms with E-state index in [9.17, 15) is 28.8 Å². The van der Waals surface area contributed by atoms with Crippen LogP contribution in [0.15, 0.2) is 24.3 Å². The molecular formula is C24H34I2O6. The molecule has 8 heteroatoms. The van der Waals surface area contributed by atoms with Crippen molar-refractivity contribution in [2.75, 3.05) is 8.86 Å². The SMILES string of the molecule is CC.CC.CC1CC(=O)C(C[125I])C1=O.CCC1C(=O)C=CC1=O.O=C1C=CC(=O)C1C[125I]. The molecule has 0 saturated heterocycles. The molecule has 32 heavy (non-hydrogen) atoms. The molecule has 0 aromatic heterocycles. The summed E-state index contributed by atoms with van der Waals surface area (Å²) in [6, 6.07) is 0. The minimum absolute atomic E-state index is 0.0211. The van der Waals surface area contributed by atoms with Crippen molar-refractivity contribution < 1.29 is 28.8 Å². The van der Waals surface area contributed by atoms with Crippen LogP contribution < -0.4 is 0 Å². The number of carbonyl (C=O) groups is 6. The maximum atomic E-state index is 11.1. The first kappa shape index (κ1) is 33.1. The maximum absolute atomic E-state index is 11.1. The molecular weight excluding hydrogens is 634 g/mol. The number of ketones is 6. The number of rotatable bonds is 3. The second-order valence-electron chi connectivity index (χ2n) is 6.62. The fourth-order valence-corrected chi connectivity index (χ4v) is 4.63. The van der Waals surface area contributed by atoms with Gasteiger partial charge in [-0.1, -0.05) is 86.7 Å². The molecule has 3 rings (SSSR count). The van der Waals surface area contributed by atoms with Crippen molar-refractivity contribution in [3.63, 3.8) is 0 Å². The van der Waals surface area contributed by atoms with Crippen LogP contribution in [0, 0.1) is 23.7 Å². The summed E-state index contributed by atoms with van der Waals surface area (Å²) in [5.41, 5.74) is 0. The quantitative estimate of drug-likeness (QED) is 0.245. The standard InChI is InChI=1S/C7H9IO2.C7H8O2.C6H5IO2.2C2H6/c1-4-2-6(9)5(3-8)7(4)10;1-2-5-6(8)3-4-7(5)9;7-3-4-5(8)1-2-6(4)9;2*1-2/h4-5H,2-3H2,1H3;3-5H,2H2,1H3;1-2,4H,3H2;2*1-2H3/i8-2;;7-2;;. The Morgan fingerprint density at radius 1 is 0.688 bits per heavy atom. The third kappa shape index (κ3) is 10.3. The Balaban J connectivity index is 0. The lowest BCUT2D eigenvalue weighted by Crippen LogP contribution is -2.17. The van der Waals surface area contributed by atoms with Crippen LogP contribution in [0.1, 0.15) is 54.4 Å². The van der Waals surface area contributed by atoms with E-state index in [1.807, 2.05) is 64.1 Å². The van der Waals surface area contributed by atoms with Crippen LogP contribution in [0.25, 0.3) is 0 Å². The number of halogens is 2. The first-order chi connectivity index (χ1) is 15.2. The van der Waals surface area contributed by atoms with Gasteiger partial charge < -0.3 is 0 Å². The zero-order chi connectivity index (χ0) is 25.4. The van der Waals surface area contributed by atoms with Gasteiger partial charge in [0, 0.05) is 21.2 Å². The fraction of sp³-hybridized carbons (Fsp3) is 0.583. The van der Waals surface area contributed by atoms with E-state index in [1.54, 1.807) is 0 Å². The molecule has 0 N–H and O–H groups in total. The number of carbonyl (C=O) groups excluding carboxylic acids is 6. The smallest absolute Gasteiger partial charge is 0.167 e. The Hall–Kier alpha value is -1.04. The van der Waals surface area contributed by atoms with E-state index in [0.29, 0.717) is 21.7 Å². The number of hydrogen-bond donors (Lipinski definition) is 0. The summed E-state index contributed by atoms with van der Waals surface area (Å²) in [6.45, 7) is 11.7. The Morgan fingerprint density at radius 3 is 1.19 bits per heavy atom. The highest BCUT2D eigenvalue weighted by atomic mass is 125. The van der Waals surface area contributed by atoms with Gasteiger partial charge in [0.15, 0.2) is 23.1 Å². The highest BCUT2D eigenvalue weighted by molar-refractivity contribution is 14.1. The molecule has 2 unspecified atom stereocenters. The predicted molar refractivity (Wildman–Crippen MR) is 143 cm³/mol. The van der Waals surface area contributed by atoms with Gasteiger partial charge in [0.05, 0.1) is 17.8 Å². The van der Waals surface area contributed by atoms with Crippen molar-refractivity contribution >= 4 is 79.9 Å². The maximum Gasteiger partial charge on any atom is 0.167 e. The lowest BCUT2D eigenvalue weighted by molar-refractivity contribution is -0.128. The number of allylic oxidation sites excluding steroid dienone is 4. The van der Waals surface area contributed by atoms with E-state index in [-0.39, 0.29) is 58.4 Å². The zero-order valence-corrected chi connectivity index (χ0v) is 24.0. The van der Waals surface area contributed by atoms with Gasteiger partial charge in [0.2, 0.25) is 0 Å². The minimum Gasteiger partial charge on any atom is -0.299 e. The van der Waals surface area contributed by atoms with Crippen molar-refractivity contribution in [2.45, 2.75) is 54.4 Å². The molecule has 3 aliphatic carbocycles. The third-order valence-corrected chi connectivity index (χ3v) is 6.40. The van der Waals surface area contributed by atoms with Gasteiger partial charge >= 0.3 is 0 Å². The summed E-state index contributed by atoms with van der Waals surface area (Å²) >= 11 is 4.13. The van der Waals surface area contributed by atoms with Crippen LogP contribution in [0.4, 0.5) is 0 Å². The molecule has 6 nitrogen and oxygen atoms in total. The average molecular weight is 668 g/mol. The largest absolute Gasteiger partial charge is 0.299 e. The Bertz CT molecular complexity index is 661. The van der Waals surface area contributed by atoms with E-state index in [0.717, 1.165) is 0 Å². The van der Waals surface area contributed by atoms with Gasteiger partial charge in [-0.05, 0) is 30.7 Å². The summed E-state index contributed by atoms with van der Waals surface area (Å²) in [5, 5.41) is 0. The highest BCUT2D eigenvalue weighted by Crippen LogP contribution is 2.24. The van der Waals surface area contributed by atoms with E-state index in [2.05, 4.69) is 22.6 Å². The van der Waals surface area contributed by atoms with Crippen LogP contribution in [0.2, 0.25) is 0 Å². The van der Waals surface area contributed by atoms with Gasteiger partial charge in [-0.2, -0.15) is 0 Å². The first-order valence-electron chi connectivity index (χ1n) is 10.9. The van der Waals surface area contributed by atoms with E-state index >= 15 is 0 Å². The van der Waals surface area contributed by atoms with Crippen LogP contribution >= 0.6 is 45.2 Å². The molecule has 3 aliphatic rings. The molecule has 1 saturated carbocycles. The van der Waals surface area contributed by atoms with Crippen molar-refractivity contribution in [1.82, 2.24) is 0 Å². The summed E-state index contributed by atoms with van der Waals surface area (Å²) in [7, 11) is 0. The molecule has 2 atom stereocenters. The molecule has 0 spiro atoms. The number of hydrogen-bond acceptors (Lipinski definition) is 6. The molecule has 180 valence electrons. The minimum atomic E-state index is -0.370. The van der Waals surface area contributed by atoms with Crippen molar-refractivity contribution in [3.8, 4) is 0 Å². The molecule has 0 aliphatic heterocycles. The second kappa shape index (κ2) is 18.4. The summed E-state index contributed by atoms with van der Waals surface area (Å²) in [5.74, 6) is -0.932. The van der Waals surface area contributed by atoms with Crippen LogP contribution in [-0.2, 0) is 28.8 Å². The summed E-state index contributed by atoms with van der Waals surface area (Å²) in [4.78, 5) is 64.9. The molecule has 1 fully saturated rings. The summed E-state index contributed by atoms with van der Waals surface area (Å²) in [6.07, 6.45) is 6.52. The van der Waals surface area contributed by atoms with E-state index < -0.39 is 0 Å². The molecule has 0 radical (unpaired) electrons. The molecule has 0 heterocycles. The first-order valence-corrected chi connectivity index (χ1v) is 13.9. The topological polar surface area (TPSA) is 102 Å². The van der Waals surface area contributed by atoms with Gasteiger partial charge in [-0.3, -0.25) is 28.8 Å². The van der Waals surface area contributed by atoms with Crippen molar-refractivity contribution in [1.29, 1.82) is 0 Å². The van der Waals surface area contributed by atoms with Crippen molar-refractivity contribution in [2.24, 2.45) is 23.7 Å². The van der Waals surface area contributed by atoms with Gasteiger partial charge in [-0.15, -0.1) is 0 Å². The number of alkyl halides is 2. The monoisotopic (exact) mass is 668 g/mol. The van der Waals surface area contributed by atoms with Gasteiger partial charge in [-0.25, -0.2) is 0 Å². The lowest BCUT2D eigenvalue weighted by Gasteiger charge is -1.99. The molecule has 0 bridgehead atoms. The van der Waals surface area contributed by atoms with Crippen LogP contribution in [0.5, 0.6) is 0 Å². The normalized spacial score (nSPS) is 21.9. The van der Waals surface area contributed by atoms with Crippen LogP contribution in [-0.4, -0.2) is 43.6 Å². The lowest BCUT2D eigenvalue weighted by atomic mass is 10.0. The highest BCUT2D eigenvalue weighted by Gasteiger charge is 2.37. The predicted octanol–water partition coefficient (Wildman–Crippen LogP) is 4.73. The van der Waals surface area contributed by atoms with Crippen LogP contribution in [0.3, 0.4) is 0 Å². The Labute approximate surface area is 218 Å². The summed E-state index contributed by atoms with van der Waals surface area (Å²) < 4.78 is 1.25. The average Bonchev–Trinajstić information content (AvgIpc) is 3.39. The third-order valence-electron chi connectivity index (χ3n) is 4.64. The van der Waals surface area contributed by atoms with Gasteiger partial charge in [0.25, 0.3) is 0 Å². The number of Topliss-reactive ketones (excluding diaryl/α,β-unsaturated/α-hetero) is 2. The van der Waals surface area contributed by atoms with Crippen molar-refractivity contribution in [3.05, 3.63) is 24.3 Å². The van der Waals surface area contributed by atoms with E-state index in [1.165, 1.54) is 24.3 Å². The Kier molecular flexibility index (Phi) is 19.0. The fourth-order valence-electron chi connectivity index (χ4n) is 2.84.